The Hall–Kier alpha value is -2.67. The van der Waals surface area contributed by atoms with Crippen LogP contribution in [0.3, 0.4) is 0 Å². The number of hydrogen-bond donors (Lipinski definition) is 1. The minimum Gasteiger partial charge on any atom is -0.364 e. The molecule has 2 heterocycles. The molecule has 0 radical (unpaired) electrons. The number of rotatable bonds is 4. The average molecular weight is 318 g/mol. The van der Waals surface area contributed by atoms with Crippen molar-refractivity contribution in [2.45, 2.75) is 6.54 Å². The lowest BCUT2D eigenvalue weighted by Gasteiger charge is -2.08. The summed E-state index contributed by atoms with van der Waals surface area (Å²) in [6, 6.07) is 6.42. The zero-order valence-electron chi connectivity index (χ0n) is 11.7. The molecule has 1 aromatic carbocycles. The summed E-state index contributed by atoms with van der Waals surface area (Å²) in [4.78, 5) is 19.2. The van der Waals surface area contributed by atoms with Crippen LogP contribution in [0.4, 0.5) is 11.5 Å². The molecule has 22 heavy (non-hydrogen) atoms. The summed E-state index contributed by atoms with van der Waals surface area (Å²) < 4.78 is 1.85. The van der Waals surface area contributed by atoms with E-state index < -0.39 is 4.92 Å². The predicted molar refractivity (Wildman–Crippen MR) is 83.9 cm³/mol. The minimum atomic E-state index is -0.443. The number of aromatic nitrogens is 3. The second kappa shape index (κ2) is 5.61. The van der Waals surface area contributed by atoms with E-state index >= 15 is 0 Å². The van der Waals surface area contributed by atoms with E-state index in [1.807, 2.05) is 17.7 Å². The molecule has 1 N–H and O–H groups in total. The Kier molecular flexibility index (Phi) is 3.64. The van der Waals surface area contributed by atoms with Crippen LogP contribution in [0, 0.1) is 10.1 Å². The van der Waals surface area contributed by atoms with Gasteiger partial charge in [0.05, 0.1) is 16.8 Å². The van der Waals surface area contributed by atoms with E-state index in [1.54, 1.807) is 24.7 Å². The van der Waals surface area contributed by atoms with Crippen molar-refractivity contribution in [3.05, 3.63) is 57.5 Å². The first-order valence-corrected chi connectivity index (χ1v) is 6.87. The van der Waals surface area contributed by atoms with Gasteiger partial charge in [0.15, 0.2) is 5.82 Å². The molecule has 112 valence electrons. The maximum atomic E-state index is 11.1. The molecule has 0 fully saturated rings. The Labute approximate surface area is 130 Å². The van der Waals surface area contributed by atoms with Gasteiger partial charge in [-0.05, 0) is 18.2 Å². The van der Waals surface area contributed by atoms with Crippen LogP contribution in [0.15, 0.2) is 36.8 Å². The van der Waals surface area contributed by atoms with E-state index in [9.17, 15) is 10.1 Å². The minimum absolute atomic E-state index is 0.0165. The molecule has 0 aliphatic carbocycles. The standard InChI is InChI=1S/C14H12ClN5O2/c1-19-8-18-11-4-5-16-14(13(11)19)17-7-9-2-3-10(15)6-12(9)20(21)22/h2-6,8H,7H2,1H3,(H,16,17). The van der Waals surface area contributed by atoms with Crippen LogP contribution < -0.4 is 5.32 Å². The molecular weight excluding hydrogens is 306 g/mol. The van der Waals surface area contributed by atoms with Crippen LogP contribution in [0.25, 0.3) is 11.0 Å². The van der Waals surface area contributed by atoms with Gasteiger partial charge in [0.25, 0.3) is 5.69 Å². The summed E-state index contributed by atoms with van der Waals surface area (Å²) in [5.41, 5.74) is 2.18. The third-order valence-corrected chi connectivity index (χ3v) is 3.55. The summed E-state index contributed by atoms with van der Waals surface area (Å²) in [6.07, 6.45) is 3.34. The van der Waals surface area contributed by atoms with Crippen molar-refractivity contribution in [2.75, 3.05) is 5.32 Å². The fourth-order valence-electron chi connectivity index (χ4n) is 2.27. The summed E-state index contributed by atoms with van der Waals surface area (Å²) >= 11 is 5.81. The molecule has 0 amide bonds. The van der Waals surface area contributed by atoms with Crippen molar-refractivity contribution in [3.8, 4) is 0 Å². The second-order valence-corrected chi connectivity index (χ2v) is 5.20. The molecule has 0 bridgehead atoms. The first-order valence-electron chi connectivity index (χ1n) is 6.49. The number of benzene rings is 1. The molecule has 8 heteroatoms. The number of halogens is 1. The molecule has 0 saturated carbocycles. The van der Waals surface area contributed by atoms with Crippen molar-refractivity contribution in [2.24, 2.45) is 7.05 Å². The third kappa shape index (κ3) is 2.58. The fraction of sp³-hybridized carbons (Fsp3) is 0.143. The van der Waals surface area contributed by atoms with Gasteiger partial charge in [0.1, 0.15) is 5.52 Å². The summed E-state index contributed by atoms with van der Waals surface area (Å²) in [7, 11) is 1.87. The van der Waals surface area contributed by atoms with E-state index in [1.165, 1.54) is 6.07 Å². The van der Waals surface area contributed by atoms with E-state index in [0.29, 0.717) is 16.4 Å². The number of fused-ring (bicyclic) bond motifs is 1. The first kappa shape index (κ1) is 14.3. The normalized spacial score (nSPS) is 10.8. The number of anilines is 1. The molecule has 0 unspecified atom stereocenters. The second-order valence-electron chi connectivity index (χ2n) is 4.77. The average Bonchev–Trinajstić information content (AvgIpc) is 2.88. The molecule has 7 nitrogen and oxygen atoms in total. The maximum absolute atomic E-state index is 11.1. The lowest BCUT2D eigenvalue weighted by atomic mass is 10.2. The van der Waals surface area contributed by atoms with Gasteiger partial charge >= 0.3 is 0 Å². The van der Waals surface area contributed by atoms with Gasteiger partial charge in [-0.2, -0.15) is 0 Å². The molecule has 0 spiro atoms. The van der Waals surface area contributed by atoms with Crippen LogP contribution in [0.1, 0.15) is 5.56 Å². The Bertz CT molecular complexity index is 862. The molecule has 0 saturated heterocycles. The Morgan fingerprint density at radius 3 is 2.95 bits per heavy atom. The summed E-state index contributed by atoms with van der Waals surface area (Å²) in [6.45, 7) is 0.269. The van der Waals surface area contributed by atoms with Crippen LogP contribution in [-0.4, -0.2) is 19.5 Å². The van der Waals surface area contributed by atoms with Crippen LogP contribution in [0.5, 0.6) is 0 Å². The number of nitro groups is 1. The van der Waals surface area contributed by atoms with Crippen LogP contribution in [-0.2, 0) is 13.6 Å². The molecule has 0 aliphatic heterocycles. The smallest absolute Gasteiger partial charge is 0.275 e. The van der Waals surface area contributed by atoms with Crippen molar-refractivity contribution >= 4 is 34.1 Å². The first-order chi connectivity index (χ1) is 10.6. The lowest BCUT2D eigenvalue weighted by molar-refractivity contribution is -0.385. The van der Waals surface area contributed by atoms with E-state index in [0.717, 1.165) is 11.0 Å². The Balaban J connectivity index is 1.92. The van der Waals surface area contributed by atoms with Gasteiger partial charge in [-0.25, -0.2) is 9.97 Å². The van der Waals surface area contributed by atoms with Gasteiger partial charge in [-0.3, -0.25) is 10.1 Å². The van der Waals surface area contributed by atoms with Crippen molar-refractivity contribution < 1.29 is 4.92 Å². The maximum Gasteiger partial charge on any atom is 0.275 e. The van der Waals surface area contributed by atoms with Crippen LogP contribution >= 0.6 is 11.6 Å². The van der Waals surface area contributed by atoms with E-state index in [4.69, 9.17) is 11.6 Å². The van der Waals surface area contributed by atoms with Crippen molar-refractivity contribution in [3.63, 3.8) is 0 Å². The highest BCUT2D eigenvalue weighted by Gasteiger charge is 2.15. The number of nitrogens with zero attached hydrogens (tertiary/aromatic N) is 4. The lowest BCUT2D eigenvalue weighted by Crippen LogP contribution is -2.05. The quantitative estimate of drug-likeness (QED) is 0.590. The van der Waals surface area contributed by atoms with Crippen molar-refractivity contribution in [1.82, 2.24) is 14.5 Å². The van der Waals surface area contributed by atoms with Gasteiger partial charge in [-0.1, -0.05) is 11.6 Å². The highest BCUT2D eigenvalue weighted by atomic mass is 35.5. The number of nitro benzene ring substituents is 1. The topological polar surface area (TPSA) is 85.9 Å². The summed E-state index contributed by atoms with van der Waals surface area (Å²) in [5, 5.41) is 14.6. The highest BCUT2D eigenvalue weighted by molar-refractivity contribution is 6.30. The van der Waals surface area contributed by atoms with Gasteiger partial charge in [0, 0.05) is 36.4 Å². The number of hydrogen-bond acceptors (Lipinski definition) is 5. The molecule has 0 aliphatic rings. The molecule has 3 rings (SSSR count). The monoisotopic (exact) mass is 317 g/mol. The third-order valence-electron chi connectivity index (χ3n) is 3.32. The zero-order valence-corrected chi connectivity index (χ0v) is 12.4. The largest absolute Gasteiger partial charge is 0.364 e. The van der Waals surface area contributed by atoms with Crippen molar-refractivity contribution in [1.29, 1.82) is 0 Å². The Morgan fingerprint density at radius 2 is 2.18 bits per heavy atom. The summed E-state index contributed by atoms with van der Waals surface area (Å²) in [5.74, 6) is 0.627. The number of nitrogens with one attached hydrogen (secondary N) is 1. The SMILES string of the molecule is Cn1cnc2ccnc(NCc3ccc(Cl)cc3[N+](=O)[O-])c21. The predicted octanol–water partition coefficient (Wildman–Crippen LogP) is 3.14. The molecular formula is C14H12ClN5O2. The van der Waals surface area contributed by atoms with Gasteiger partial charge in [-0.15, -0.1) is 0 Å². The zero-order chi connectivity index (χ0) is 15.7. The molecule has 3 aromatic rings. The van der Waals surface area contributed by atoms with Crippen LogP contribution in [0.2, 0.25) is 5.02 Å². The number of pyridine rings is 1. The fourth-order valence-corrected chi connectivity index (χ4v) is 2.43. The number of aryl methyl sites for hydroxylation is 1. The number of imidazole rings is 1. The Morgan fingerprint density at radius 1 is 1.36 bits per heavy atom. The molecule has 2 aromatic heterocycles. The van der Waals surface area contributed by atoms with E-state index in [2.05, 4.69) is 15.3 Å². The van der Waals surface area contributed by atoms with E-state index in [-0.39, 0.29) is 12.2 Å². The van der Waals surface area contributed by atoms with Gasteiger partial charge < -0.3 is 9.88 Å². The molecule has 0 atom stereocenters. The van der Waals surface area contributed by atoms with Gasteiger partial charge in [0.2, 0.25) is 0 Å². The highest BCUT2D eigenvalue weighted by Crippen LogP contribution is 2.25.